The molecule has 5 nitrogen and oxygen atoms in total. The topological polar surface area (TPSA) is 69.6 Å². The lowest BCUT2D eigenvalue weighted by atomic mass is 9.90. The quantitative estimate of drug-likeness (QED) is 0.605. The molecule has 1 aliphatic heterocycles. The number of amides is 2. The van der Waals surface area contributed by atoms with Crippen molar-refractivity contribution in [3.63, 3.8) is 0 Å². The van der Waals surface area contributed by atoms with Crippen LogP contribution in [0.5, 0.6) is 0 Å². The second-order valence-corrected chi connectivity index (χ2v) is 9.52. The Morgan fingerprint density at radius 1 is 1.39 bits per heavy atom. The van der Waals surface area contributed by atoms with Crippen molar-refractivity contribution in [1.82, 2.24) is 5.32 Å². The van der Waals surface area contributed by atoms with Crippen LogP contribution in [0.2, 0.25) is 5.02 Å². The third kappa shape index (κ3) is 5.52. The molecular formula is C23H22ClFN2O3S. The summed E-state index contributed by atoms with van der Waals surface area (Å²) in [6.45, 7) is 3.72. The summed E-state index contributed by atoms with van der Waals surface area (Å²) in [6, 6.07) is 10.0. The van der Waals surface area contributed by atoms with Crippen LogP contribution in [0.15, 0.2) is 41.3 Å². The van der Waals surface area contributed by atoms with E-state index >= 15 is 0 Å². The standard InChI is InChI=1S/C23H22ClFN2O3S/c1-4-15-9-19-20(10-18(15)25)31-13-16(11-23(2,3)26-22(29)30)21(28)27(19)12-14-5-7-17(24)8-6-14/h1,5-10,16,26H,11-13H2,2-3H3,(H,29,30)/t16-/m0/s1. The summed E-state index contributed by atoms with van der Waals surface area (Å²) in [6.07, 6.45) is 4.59. The number of anilines is 1. The van der Waals surface area contributed by atoms with Gasteiger partial charge in [0.2, 0.25) is 5.91 Å². The molecule has 162 valence electrons. The van der Waals surface area contributed by atoms with Crippen molar-refractivity contribution in [1.29, 1.82) is 0 Å². The third-order valence-corrected chi connectivity index (χ3v) is 6.47. The second-order valence-electron chi connectivity index (χ2n) is 8.02. The Balaban J connectivity index is 2.01. The molecular weight excluding hydrogens is 439 g/mol. The highest BCUT2D eigenvalue weighted by Gasteiger charge is 2.36. The fourth-order valence-electron chi connectivity index (χ4n) is 3.62. The average Bonchev–Trinajstić information content (AvgIpc) is 2.80. The summed E-state index contributed by atoms with van der Waals surface area (Å²) >= 11 is 7.35. The van der Waals surface area contributed by atoms with E-state index < -0.39 is 23.4 Å². The molecule has 8 heteroatoms. The van der Waals surface area contributed by atoms with Crippen LogP contribution in [-0.2, 0) is 11.3 Å². The van der Waals surface area contributed by atoms with Crippen LogP contribution in [0.3, 0.4) is 0 Å². The van der Waals surface area contributed by atoms with Crippen molar-refractivity contribution in [2.24, 2.45) is 5.92 Å². The molecule has 0 aliphatic carbocycles. The van der Waals surface area contributed by atoms with Gasteiger partial charge in [0.1, 0.15) is 5.82 Å². The highest BCUT2D eigenvalue weighted by Crippen LogP contribution is 2.40. The average molecular weight is 461 g/mol. The summed E-state index contributed by atoms with van der Waals surface area (Å²) in [4.78, 5) is 26.9. The maximum atomic E-state index is 14.4. The molecule has 2 aromatic carbocycles. The first kappa shape index (κ1) is 23.0. The Bertz CT molecular complexity index is 1050. The summed E-state index contributed by atoms with van der Waals surface area (Å²) in [5, 5.41) is 12.2. The Labute approximate surface area is 190 Å². The Morgan fingerprint density at radius 2 is 2.06 bits per heavy atom. The van der Waals surface area contributed by atoms with Gasteiger partial charge in [-0.05, 0) is 50.1 Å². The molecule has 3 rings (SSSR count). The molecule has 2 amide bonds. The molecule has 1 heterocycles. The van der Waals surface area contributed by atoms with E-state index in [4.69, 9.17) is 23.1 Å². The van der Waals surface area contributed by atoms with Gasteiger partial charge in [-0.3, -0.25) is 4.79 Å². The van der Waals surface area contributed by atoms with E-state index in [0.717, 1.165) is 5.56 Å². The number of carbonyl (C=O) groups is 2. The van der Waals surface area contributed by atoms with Gasteiger partial charge in [0.15, 0.2) is 0 Å². The van der Waals surface area contributed by atoms with Crippen molar-refractivity contribution in [2.75, 3.05) is 10.7 Å². The van der Waals surface area contributed by atoms with Crippen molar-refractivity contribution in [3.05, 3.63) is 58.4 Å². The van der Waals surface area contributed by atoms with Gasteiger partial charge in [-0.1, -0.05) is 29.7 Å². The van der Waals surface area contributed by atoms with E-state index in [0.29, 0.717) is 27.8 Å². The van der Waals surface area contributed by atoms with Crippen LogP contribution in [0, 0.1) is 24.1 Å². The van der Waals surface area contributed by atoms with E-state index in [9.17, 15) is 14.0 Å². The van der Waals surface area contributed by atoms with Gasteiger partial charge in [-0.2, -0.15) is 0 Å². The third-order valence-electron chi connectivity index (χ3n) is 5.01. The normalized spacial score (nSPS) is 16.3. The number of nitrogens with zero attached hydrogens (tertiary/aromatic N) is 1. The first-order valence-corrected chi connectivity index (χ1v) is 11.0. The van der Waals surface area contributed by atoms with Gasteiger partial charge in [-0.15, -0.1) is 18.2 Å². The number of fused-ring (bicyclic) bond motifs is 1. The minimum absolute atomic E-state index is 0.0829. The number of benzene rings is 2. The van der Waals surface area contributed by atoms with Gasteiger partial charge in [0, 0.05) is 21.2 Å². The Morgan fingerprint density at radius 3 is 2.68 bits per heavy atom. The predicted molar refractivity (Wildman–Crippen MR) is 121 cm³/mol. The highest BCUT2D eigenvalue weighted by atomic mass is 35.5. The zero-order valence-electron chi connectivity index (χ0n) is 17.1. The largest absolute Gasteiger partial charge is 0.465 e. The van der Waals surface area contributed by atoms with Crippen LogP contribution >= 0.6 is 23.4 Å². The maximum Gasteiger partial charge on any atom is 0.405 e. The molecule has 31 heavy (non-hydrogen) atoms. The molecule has 0 saturated carbocycles. The minimum Gasteiger partial charge on any atom is -0.465 e. The zero-order chi connectivity index (χ0) is 22.8. The number of halogens is 2. The summed E-state index contributed by atoms with van der Waals surface area (Å²) in [7, 11) is 0. The van der Waals surface area contributed by atoms with Gasteiger partial charge in [-0.25, -0.2) is 9.18 Å². The summed E-state index contributed by atoms with van der Waals surface area (Å²) < 4.78 is 14.4. The van der Waals surface area contributed by atoms with E-state index in [1.807, 2.05) is 12.1 Å². The number of rotatable bonds is 5. The molecule has 0 saturated heterocycles. The molecule has 0 unspecified atom stereocenters. The molecule has 0 aromatic heterocycles. The molecule has 0 radical (unpaired) electrons. The van der Waals surface area contributed by atoms with Crippen molar-refractivity contribution in [3.8, 4) is 12.3 Å². The minimum atomic E-state index is -1.15. The fourth-order valence-corrected chi connectivity index (χ4v) is 4.89. The second kappa shape index (κ2) is 9.21. The number of terminal acetylenes is 1. The van der Waals surface area contributed by atoms with Crippen LogP contribution in [-0.4, -0.2) is 28.4 Å². The van der Waals surface area contributed by atoms with Crippen LogP contribution in [0.1, 0.15) is 31.4 Å². The number of hydrogen-bond donors (Lipinski definition) is 2. The Hall–Kier alpha value is -2.69. The number of nitrogens with one attached hydrogen (secondary N) is 1. The van der Waals surface area contributed by atoms with Gasteiger partial charge < -0.3 is 15.3 Å². The van der Waals surface area contributed by atoms with Gasteiger partial charge in [0.05, 0.1) is 23.7 Å². The molecule has 2 aromatic rings. The fraction of sp³-hybridized carbons (Fsp3) is 0.304. The summed E-state index contributed by atoms with van der Waals surface area (Å²) in [5.41, 5.74) is 0.666. The molecule has 0 spiro atoms. The lowest BCUT2D eigenvalue weighted by molar-refractivity contribution is -0.122. The van der Waals surface area contributed by atoms with E-state index in [-0.39, 0.29) is 18.0 Å². The van der Waals surface area contributed by atoms with E-state index in [1.54, 1.807) is 30.9 Å². The SMILES string of the molecule is C#Cc1cc2c(cc1F)SC[C@H](CC(C)(C)NC(=O)O)C(=O)N2Cc1ccc(Cl)cc1. The van der Waals surface area contributed by atoms with Crippen LogP contribution in [0.25, 0.3) is 0 Å². The molecule has 1 aliphatic rings. The molecule has 2 N–H and O–H groups in total. The lowest BCUT2D eigenvalue weighted by Gasteiger charge is -2.31. The number of carboxylic acid groups (broad SMARTS) is 1. The first-order chi connectivity index (χ1) is 14.6. The monoisotopic (exact) mass is 460 g/mol. The van der Waals surface area contributed by atoms with Crippen molar-refractivity contribution >= 4 is 41.1 Å². The van der Waals surface area contributed by atoms with Gasteiger partial charge >= 0.3 is 6.09 Å². The van der Waals surface area contributed by atoms with Gasteiger partial charge in [0.25, 0.3) is 0 Å². The number of carbonyl (C=O) groups excluding carboxylic acids is 1. The summed E-state index contributed by atoms with van der Waals surface area (Å²) in [5.74, 6) is 1.55. The molecule has 0 fully saturated rings. The molecule has 1 atom stereocenters. The first-order valence-electron chi connectivity index (χ1n) is 9.59. The smallest absolute Gasteiger partial charge is 0.405 e. The number of hydrogen-bond acceptors (Lipinski definition) is 3. The highest BCUT2D eigenvalue weighted by molar-refractivity contribution is 7.99. The predicted octanol–water partition coefficient (Wildman–Crippen LogP) is 5.15. The maximum absolute atomic E-state index is 14.4. The van der Waals surface area contributed by atoms with Crippen molar-refractivity contribution < 1.29 is 19.1 Å². The Kier molecular flexibility index (Phi) is 6.83. The number of thioether (sulfide) groups is 1. The zero-order valence-corrected chi connectivity index (χ0v) is 18.7. The molecule has 0 bridgehead atoms. The van der Waals surface area contributed by atoms with Crippen molar-refractivity contribution in [2.45, 2.75) is 37.2 Å². The van der Waals surface area contributed by atoms with E-state index in [1.165, 1.54) is 23.9 Å². The lowest BCUT2D eigenvalue weighted by Crippen LogP contribution is -2.47. The van der Waals surface area contributed by atoms with E-state index in [2.05, 4.69) is 11.2 Å². The van der Waals surface area contributed by atoms with Crippen LogP contribution < -0.4 is 10.2 Å². The van der Waals surface area contributed by atoms with Crippen LogP contribution in [0.4, 0.5) is 14.9 Å².